The molecule has 14 heavy (non-hydrogen) atoms. The lowest BCUT2D eigenvalue weighted by Gasteiger charge is -2.10. The predicted octanol–water partition coefficient (Wildman–Crippen LogP) is 0.985. The molecule has 1 aromatic carbocycles. The van der Waals surface area contributed by atoms with E-state index in [4.69, 9.17) is 10.5 Å². The minimum absolute atomic E-state index is 0.177. The molecule has 0 saturated heterocycles. The van der Waals surface area contributed by atoms with E-state index < -0.39 is 0 Å². The van der Waals surface area contributed by atoms with Gasteiger partial charge >= 0.3 is 0 Å². The Morgan fingerprint density at radius 2 is 2.14 bits per heavy atom. The maximum absolute atomic E-state index is 5.54. The molecule has 0 saturated carbocycles. The van der Waals surface area contributed by atoms with E-state index in [2.05, 4.69) is 17.1 Å². The summed E-state index contributed by atoms with van der Waals surface area (Å²) in [6, 6.07) is 10.3. The number of nitrogens with two attached hydrogens (primary N) is 1. The van der Waals surface area contributed by atoms with Crippen LogP contribution in [0.2, 0.25) is 0 Å². The van der Waals surface area contributed by atoms with Crippen LogP contribution >= 0.6 is 0 Å². The smallest absolute Gasteiger partial charge is 0.197 e. The molecule has 3 heteroatoms. The van der Waals surface area contributed by atoms with E-state index in [1.807, 2.05) is 18.2 Å². The van der Waals surface area contributed by atoms with Crippen molar-refractivity contribution in [2.45, 2.75) is 12.5 Å². The Morgan fingerprint density at radius 3 is 2.79 bits per heavy atom. The van der Waals surface area contributed by atoms with E-state index in [9.17, 15) is 0 Å². The molecule has 0 fully saturated rings. The van der Waals surface area contributed by atoms with Crippen molar-refractivity contribution in [1.29, 1.82) is 0 Å². The van der Waals surface area contributed by atoms with Gasteiger partial charge in [0, 0.05) is 6.42 Å². The Morgan fingerprint density at radius 1 is 1.36 bits per heavy atom. The molecule has 3 nitrogen and oxygen atoms in total. The van der Waals surface area contributed by atoms with Crippen LogP contribution in [0.4, 0.5) is 0 Å². The molecule has 2 N–H and O–H groups in total. The lowest BCUT2D eigenvalue weighted by Crippen LogP contribution is -2.20. The van der Waals surface area contributed by atoms with Gasteiger partial charge in [0.25, 0.3) is 0 Å². The van der Waals surface area contributed by atoms with Gasteiger partial charge in [0.05, 0.1) is 13.1 Å². The summed E-state index contributed by atoms with van der Waals surface area (Å²) in [6.07, 6.45) is 1.09. The number of rotatable bonds is 3. The highest BCUT2D eigenvalue weighted by atomic mass is 16.5. The standard InChI is InChI=1S/C11H14N2O/c12-7-11-13-8-10(14-11)6-9-4-2-1-3-5-9/h1-5,10H,6-8,12H2. The zero-order valence-corrected chi connectivity index (χ0v) is 8.02. The number of hydrogen-bond acceptors (Lipinski definition) is 3. The number of hydrogen-bond donors (Lipinski definition) is 1. The number of nitrogens with zero attached hydrogens (tertiary/aromatic N) is 1. The van der Waals surface area contributed by atoms with Crippen LogP contribution in [0.3, 0.4) is 0 Å². The van der Waals surface area contributed by atoms with Crippen LogP contribution < -0.4 is 5.73 Å². The normalized spacial score (nSPS) is 20.4. The molecule has 1 atom stereocenters. The van der Waals surface area contributed by atoms with Crippen LogP contribution in [0.1, 0.15) is 5.56 Å². The van der Waals surface area contributed by atoms with Crippen molar-refractivity contribution in [3.05, 3.63) is 35.9 Å². The molecule has 0 radical (unpaired) electrons. The van der Waals surface area contributed by atoms with E-state index in [0.717, 1.165) is 13.0 Å². The van der Waals surface area contributed by atoms with Gasteiger partial charge in [-0.05, 0) is 5.56 Å². The number of ether oxygens (including phenoxy) is 1. The summed E-state index contributed by atoms with van der Waals surface area (Å²) in [4.78, 5) is 4.20. The quantitative estimate of drug-likeness (QED) is 0.772. The number of aliphatic imine (C=N–C) groups is 1. The summed E-state index contributed by atoms with van der Waals surface area (Å²) in [7, 11) is 0. The molecule has 0 amide bonds. The van der Waals surface area contributed by atoms with Crippen molar-refractivity contribution in [2.75, 3.05) is 13.1 Å². The first-order chi connectivity index (χ1) is 6.88. The van der Waals surface area contributed by atoms with Crippen LogP contribution in [0.25, 0.3) is 0 Å². The van der Waals surface area contributed by atoms with Crippen molar-refractivity contribution in [3.8, 4) is 0 Å². The molecule has 1 aromatic rings. The maximum atomic E-state index is 5.54. The van der Waals surface area contributed by atoms with Crippen molar-refractivity contribution in [1.82, 2.24) is 0 Å². The largest absolute Gasteiger partial charge is 0.474 e. The van der Waals surface area contributed by atoms with Gasteiger partial charge in [-0.1, -0.05) is 30.3 Å². The van der Waals surface area contributed by atoms with Crippen LogP contribution in [-0.4, -0.2) is 25.1 Å². The fourth-order valence-electron chi connectivity index (χ4n) is 1.57. The second kappa shape index (κ2) is 4.24. The summed E-state index contributed by atoms with van der Waals surface area (Å²) in [5, 5.41) is 0. The third-order valence-electron chi connectivity index (χ3n) is 2.25. The second-order valence-electron chi connectivity index (χ2n) is 3.37. The highest BCUT2D eigenvalue weighted by molar-refractivity contribution is 5.79. The number of benzene rings is 1. The molecular weight excluding hydrogens is 176 g/mol. The summed E-state index contributed by atoms with van der Waals surface area (Å²) >= 11 is 0. The van der Waals surface area contributed by atoms with Crippen molar-refractivity contribution >= 4 is 5.90 Å². The van der Waals surface area contributed by atoms with Crippen LogP contribution in [-0.2, 0) is 11.2 Å². The molecule has 1 unspecified atom stereocenters. The molecule has 2 rings (SSSR count). The lowest BCUT2D eigenvalue weighted by molar-refractivity contribution is 0.221. The van der Waals surface area contributed by atoms with Gasteiger partial charge in [0.2, 0.25) is 0 Å². The fraction of sp³-hybridized carbons (Fsp3) is 0.364. The molecule has 0 aliphatic carbocycles. The summed E-state index contributed by atoms with van der Waals surface area (Å²) in [6.45, 7) is 1.15. The van der Waals surface area contributed by atoms with Crippen LogP contribution in [0.5, 0.6) is 0 Å². The van der Waals surface area contributed by atoms with Gasteiger partial charge in [-0.3, -0.25) is 4.99 Å². The molecular formula is C11H14N2O. The van der Waals surface area contributed by atoms with E-state index in [1.165, 1.54) is 5.56 Å². The minimum atomic E-state index is 0.177. The Bertz CT molecular complexity index is 321. The highest BCUT2D eigenvalue weighted by Crippen LogP contribution is 2.11. The van der Waals surface area contributed by atoms with Crippen LogP contribution in [0, 0.1) is 0 Å². The third-order valence-corrected chi connectivity index (χ3v) is 2.25. The Labute approximate surface area is 83.6 Å². The van der Waals surface area contributed by atoms with Gasteiger partial charge in [-0.15, -0.1) is 0 Å². The van der Waals surface area contributed by atoms with Gasteiger partial charge in [0.1, 0.15) is 6.10 Å². The van der Waals surface area contributed by atoms with Gasteiger partial charge in [-0.2, -0.15) is 0 Å². The Balaban J connectivity index is 1.90. The predicted molar refractivity (Wildman–Crippen MR) is 56.4 cm³/mol. The van der Waals surface area contributed by atoms with Gasteiger partial charge in [0.15, 0.2) is 5.90 Å². The average molecular weight is 190 g/mol. The van der Waals surface area contributed by atoms with E-state index in [-0.39, 0.29) is 6.10 Å². The van der Waals surface area contributed by atoms with Gasteiger partial charge in [-0.25, -0.2) is 0 Å². The van der Waals surface area contributed by atoms with Crippen LogP contribution in [0.15, 0.2) is 35.3 Å². The topological polar surface area (TPSA) is 47.6 Å². The molecule has 1 aliphatic rings. The summed E-state index contributed by atoms with van der Waals surface area (Å²) in [5.41, 5.74) is 6.72. The SMILES string of the molecule is NCC1=NCC(Cc2ccccc2)O1. The second-order valence-corrected chi connectivity index (χ2v) is 3.37. The van der Waals surface area contributed by atoms with Gasteiger partial charge < -0.3 is 10.5 Å². The molecule has 0 spiro atoms. The minimum Gasteiger partial charge on any atom is -0.474 e. The first kappa shape index (κ1) is 9.21. The van der Waals surface area contributed by atoms with E-state index in [1.54, 1.807) is 0 Å². The first-order valence-corrected chi connectivity index (χ1v) is 4.82. The molecule has 0 bridgehead atoms. The highest BCUT2D eigenvalue weighted by Gasteiger charge is 2.18. The summed E-state index contributed by atoms with van der Waals surface area (Å²) < 4.78 is 5.54. The molecule has 1 heterocycles. The van der Waals surface area contributed by atoms with E-state index >= 15 is 0 Å². The lowest BCUT2D eigenvalue weighted by atomic mass is 10.1. The third kappa shape index (κ3) is 2.12. The Kier molecular flexibility index (Phi) is 2.79. The molecule has 1 aliphatic heterocycles. The van der Waals surface area contributed by atoms with Crippen molar-refractivity contribution in [2.24, 2.45) is 10.7 Å². The Hall–Kier alpha value is -1.35. The molecule has 74 valence electrons. The zero-order valence-electron chi connectivity index (χ0n) is 8.02. The monoisotopic (exact) mass is 190 g/mol. The van der Waals surface area contributed by atoms with Crippen molar-refractivity contribution < 1.29 is 4.74 Å². The van der Waals surface area contributed by atoms with E-state index in [0.29, 0.717) is 12.4 Å². The molecule has 0 aromatic heterocycles. The average Bonchev–Trinajstić information content (AvgIpc) is 2.67. The fourth-order valence-corrected chi connectivity index (χ4v) is 1.57. The first-order valence-electron chi connectivity index (χ1n) is 4.82. The zero-order chi connectivity index (χ0) is 9.80. The van der Waals surface area contributed by atoms with Crippen molar-refractivity contribution in [3.63, 3.8) is 0 Å². The maximum Gasteiger partial charge on any atom is 0.197 e. The summed E-state index contributed by atoms with van der Waals surface area (Å²) in [5.74, 6) is 0.686.